The molecule has 2 heterocycles. The van der Waals surface area contributed by atoms with Crippen molar-refractivity contribution in [3.63, 3.8) is 0 Å². The lowest BCUT2D eigenvalue weighted by atomic mass is 10.1. The molecule has 1 N–H and O–H groups in total. The van der Waals surface area contributed by atoms with Gasteiger partial charge in [0.15, 0.2) is 0 Å². The monoisotopic (exact) mass is 356 g/mol. The molecule has 1 aromatic heterocycles. The molecule has 3 rings (SSSR count). The van der Waals surface area contributed by atoms with E-state index in [0.29, 0.717) is 15.4 Å². The quantitative estimate of drug-likeness (QED) is 0.898. The molecule has 112 valence electrons. The summed E-state index contributed by atoms with van der Waals surface area (Å²) in [7, 11) is 0. The highest BCUT2D eigenvalue weighted by Crippen LogP contribution is 2.37. The minimum atomic E-state index is -2.91. The van der Waals surface area contributed by atoms with Crippen molar-refractivity contribution in [3.05, 3.63) is 28.5 Å². The van der Waals surface area contributed by atoms with Crippen molar-refractivity contribution in [2.75, 3.05) is 31.1 Å². The highest BCUT2D eigenvalue weighted by Gasteiger charge is 2.28. The Kier molecular flexibility index (Phi) is 3.79. The Balaban J connectivity index is 2.16. The Morgan fingerprint density at radius 2 is 1.95 bits per heavy atom. The van der Waals surface area contributed by atoms with Crippen LogP contribution in [0.15, 0.2) is 22.9 Å². The number of piperazine rings is 1. The fourth-order valence-electron chi connectivity index (χ4n) is 2.53. The number of anilines is 1. The first-order valence-corrected chi connectivity index (χ1v) is 7.54. The zero-order valence-corrected chi connectivity index (χ0v) is 13.1. The van der Waals surface area contributed by atoms with Crippen LogP contribution in [0.25, 0.3) is 10.9 Å². The average molecular weight is 357 g/mol. The molecule has 0 bridgehead atoms. The molecule has 7 heteroatoms. The minimum absolute atomic E-state index is 0.0406. The summed E-state index contributed by atoms with van der Waals surface area (Å²) in [4.78, 5) is 10.6. The maximum absolute atomic E-state index is 13.7. The number of nitrogens with zero attached hydrogens (tertiary/aromatic N) is 3. The predicted molar refractivity (Wildman–Crippen MR) is 81.9 cm³/mol. The molecule has 1 fully saturated rings. The SMILES string of the molecule is CC(F)(F)c1cc2c(N3CCNCC3)ncnc2cc1Br. The van der Waals surface area contributed by atoms with E-state index in [2.05, 4.69) is 36.1 Å². The Bertz CT molecular complexity index is 666. The molecule has 0 unspecified atom stereocenters. The third-order valence-electron chi connectivity index (χ3n) is 3.59. The number of nitrogens with one attached hydrogen (secondary N) is 1. The van der Waals surface area contributed by atoms with E-state index in [1.807, 2.05) is 0 Å². The molecule has 1 aliphatic heterocycles. The molecule has 0 radical (unpaired) electrons. The van der Waals surface area contributed by atoms with E-state index >= 15 is 0 Å². The second-order valence-corrected chi connectivity index (χ2v) is 6.03. The van der Waals surface area contributed by atoms with E-state index in [4.69, 9.17) is 0 Å². The molecule has 0 atom stereocenters. The van der Waals surface area contributed by atoms with Crippen LogP contribution in [0.4, 0.5) is 14.6 Å². The number of alkyl halides is 2. The molecule has 0 spiro atoms. The molecule has 4 nitrogen and oxygen atoms in total. The van der Waals surface area contributed by atoms with Gasteiger partial charge in [0.05, 0.1) is 5.52 Å². The van der Waals surface area contributed by atoms with Gasteiger partial charge in [0.2, 0.25) is 0 Å². The maximum Gasteiger partial charge on any atom is 0.271 e. The van der Waals surface area contributed by atoms with Gasteiger partial charge in [0.1, 0.15) is 12.1 Å². The summed E-state index contributed by atoms with van der Waals surface area (Å²) in [6.07, 6.45) is 1.48. The molecule has 1 aromatic carbocycles. The molecule has 1 aliphatic rings. The van der Waals surface area contributed by atoms with Crippen molar-refractivity contribution in [1.82, 2.24) is 15.3 Å². The Morgan fingerprint density at radius 3 is 2.62 bits per heavy atom. The Morgan fingerprint density at radius 1 is 1.24 bits per heavy atom. The van der Waals surface area contributed by atoms with Crippen molar-refractivity contribution in [1.29, 1.82) is 0 Å². The van der Waals surface area contributed by atoms with Crippen LogP contribution in [0.3, 0.4) is 0 Å². The van der Waals surface area contributed by atoms with Gasteiger partial charge in [-0.2, -0.15) is 0 Å². The number of benzene rings is 1. The van der Waals surface area contributed by atoms with Crippen LogP contribution in [0.5, 0.6) is 0 Å². The van der Waals surface area contributed by atoms with Crippen LogP contribution < -0.4 is 10.2 Å². The Labute approximate surface area is 129 Å². The average Bonchev–Trinajstić information content (AvgIpc) is 2.45. The summed E-state index contributed by atoms with van der Waals surface area (Å²) < 4.78 is 27.8. The summed E-state index contributed by atoms with van der Waals surface area (Å²) in [5, 5.41) is 3.93. The first-order valence-electron chi connectivity index (χ1n) is 6.75. The largest absolute Gasteiger partial charge is 0.353 e. The summed E-state index contributed by atoms with van der Waals surface area (Å²) in [6.45, 7) is 4.23. The molecule has 0 amide bonds. The number of hydrogen-bond donors (Lipinski definition) is 1. The van der Waals surface area contributed by atoms with E-state index < -0.39 is 5.92 Å². The highest BCUT2D eigenvalue weighted by molar-refractivity contribution is 9.10. The first-order chi connectivity index (χ1) is 9.97. The molecule has 0 saturated carbocycles. The van der Waals surface area contributed by atoms with Crippen LogP contribution in [0.1, 0.15) is 12.5 Å². The fraction of sp³-hybridized carbons (Fsp3) is 0.429. The summed E-state index contributed by atoms with van der Waals surface area (Å²) in [5.74, 6) is -2.19. The van der Waals surface area contributed by atoms with Crippen molar-refractivity contribution >= 4 is 32.7 Å². The number of rotatable bonds is 2. The van der Waals surface area contributed by atoms with Crippen molar-refractivity contribution < 1.29 is 8.78 Å². The molecular weight excluding hydrogens is 342 g/mol. The lowest BCUT2D eigenvalue weighted by Gasteiger charge is -2.29. The molecule has 1 saturated heterocycles. The minimum Gasteiger partial charge on any atom is -0.353 e. The van der Waals surface area contributed by atoms with Gasteiger partial charge in [-0.3, -0.25) is 0 Å². The first kappa shape index (κ1) is 14.6. The van der Waals surface area contributed by atoms with E-state index in [1.54, 1.807) is 6.07 Å². The molecule has 2 aromatic rings. The summed E-state index contributed by atoms with van der Waals surface area (Å²) in [6, 6.07) is 3.13. The van der Waals surface area contributed by atoms with Crippen LogP contribution in [0.2, 0.25) is 0 Å². The van der Waals surface area contributed by atoms with Gasteiger partial charge in [-0.1, -0.05) is 15.9 Å². The number of halogens is 3. The zero-order chi connectivity index (χ0) is 15.0. The predicted octanol–water partition coefficient (Wildman–Crippen LogP) is 2.91. The second kappa shape index (κ2) is 5.46. The standard InChI is InChI=1S/C14H15BrF2N4/c1-14(16,17)10-6-9-12(7-11(10)15)19-8-20-13(9)21-4-2-18-3-5-21/h6-8,18H,2-5H2,1H3. The van der Waals surface area contributed by atoms with Crippen molar-refractivity contribution in [3.8, 4) is 0 Å². The Hall–Kier alpha value is -1.34. The van der Waals surface area contributed by atoms with Crippen LogP contribution in [0, 0.1) is 0 Å². The van der Waals surface area contributed by atoms with Gasteiger partial charge in [0.25, 0.3) is 5.92 Å². The van der Waals surface area contributed by atoms with Crippen LogP contribution in [-0.4, -0.2) is 36.1 Å². The molecule has 21 heavy (non-hydrogen) atoms. The summed E-state index contributed by atoms with van der Waals surface area (Å²) >= 11 is 3.21. The normalized spacial score (nSPS) is 16.5. The second-order valence-electron chi connectivity index (χ2n) is 5.17. The highest BCUT2D eigenvalue weighted by atomic mass is 79.9. The van der Waals surface area contributed by atoms with Gasteiger partial charge in [0, 0.05) is 48.5 Å². The van der Waals surface area contributed by atoms with E-state index in [-0.39, 0.29) is 5.56 Å². The zero-order valence-electron chi connectivity index (χ0n) is 11.5. The summed E-state index contributed by atoms with van der Waals surface area (Å²) in [5.41, 5.74) is 0.625. The lowest BCUT2D eigenvalue weighted by Crippen LogP contribution is -2.44. The van der Waals surface area contributed by atoms with E-state index in [9.17, 15) is 8.78 Å². The van der Waals surface area contributed by atoms with Gasteiger partial charge < -0.3 is 10.2 Å². The van der Waals surface area contributed by atoms with Gasteiger partial charge in [-0.05, 0) is 12.1 Å². The fourth-order valence-corrected chi connectivity index (χ4v) is 3.21. The molecular formula is C14H15BrF2N4. The molecule has 0 aliphatic carbocycles. The van der Waals surface area contributed by atoms with Gasteiger partial charge >= 0.3 is 0 Å². The maximum atomic E-state index is 13.7. The van der Waals surface area contributed by atoms with Gasteiger partial charge in [-0.25, -0.2) is 18.7 Å². The van der Waals surface area contributed by atoms with Gasteiger partial charge in [-0.15, -0.1) is 0 Å². The van der Waals surface area contributed by atoms with Crippen LogP contribution in [-0.2, 0) is 5.92 Å². The van der Waals surface area contributed by atoms with Crippen molar-refractivity contribution in [2.45, 2.75) is 12.8 Å². The topological polar surface area (TPSA) is 41.0 Å². The smallest absolute Gasteiger partial charge is 0.271 e. The van der Waals surface area contributed by atoms with E-state index in [0.717, 1.165) is 38.9 Å². The number of hydrogen-bond acceptors (Lipinski definition) is 4. The lowest BCUT2D eigenvalue weighted by molar-refractivity contribution is 0.0168. The van der Waals surface area contributed by atoms with Crippen LogP contribution >= 0.6 is 15.9 Å². The third-order valence-corrected chi connectivity index (χ3v) is 4.25. The number of fused-ring (bicyclic) bond motifs is 1. The van der Waals surface area contributed by atoms with E-state index in [1.165, 1.54) is 12.4 Å². The third kappa shape index (κ3) is 2.85. The van der Waals surface area contributed by atoms with Crippen molar-refractivity contribution in [2.24, 2.45) is 0 Å². The number of aromatic nitrogens is 2.